The van der Waals surface area contributed by atoms with Crippen molar-refractivity contribution in [2.24, 2.45) is 5.10 Å². The van der Waals surface area contributed by atoms with Crippen LogP contribution in [0.2, 0.25) is 0 Å². The van der Waals surface area contributed by atoms with Gasteiger partial charge in [0.25, 0.3) is 5.88 Å². The normalized spacial score (nSPS) is 10.8. The van der Waals surface area contributed by atoms with Crippen LogP contribution < -0.4 is 9.47 Å². The maximum atomic E-state index is 13.4. The molecule has 3 rings (SSSR count). The molecule has 0 atom stereocenters. The van der Waals surface area contributed by atoms with E-state index in [1.807, 2.05) is 0 Å². The first-order valence-corrected chi connectivity index (χ1v) is 9.24. The Morgan fingerprint density at radius 2 is 1.97 bits per heavy atom. The number of rotatable bonds is 9. The Labute approximate surface area is 177 Å². The van der Waals surface area contributed by atoms with Crippen LogP contribution in [0.3, 0.4) is 0 Å². The molecule has 10 heteroatoms. The lowest BCUT2D eigenvalue weighted by molar-refractivity contribution is 0.0512. The fraction of sp³-hybridized carbons (Fsp3) is 0.190. The van der Waals surface area contributed by atoms with Crippen molar-refractivity contribution >= 4 is 18.0 Å². The number of methoxy groups -OCH3 is 1. The van der Waals surface area contributed by atoms with Gasteiger partial charge in [0.15, 0.2) is 12.4 Å². The van der Waals surface area contributed by atoms with Gasteiger partial charge in [0.2, 0.25) is 5.69 Å². The third-order valence-electron chi connectivity index (χ3n) is 4.00. The molecule has 31 heavy (non-hydrogen) atoms. The molecule has 1 heterocycles. The van der Waals surface area contributed by atoms with Crippen molar-refractivity contribution in [1.82, 2.24) is 15.1 Å². The third kappa shape index (κ3) is 5.50. The number of hydrogen-bond acceptors (Lipinski definition) is 8. The second-order valence-corrected chi connectivity index (χ2v) is 6.09. The van der Waals surface area contributed by atoms with E-state index in [9.17, 15) is 14.0 Å². The van der Waals surface area contributed by atoms with E-state index < -0.39 is 18.4 Å². The highest BCUT2D eigenvalue weighted by atomic mass is 19.1. The zero-order valence-corrected chi connectivity index (χ0v) is 16.8. The zero-order chi connectivity index (χ0) is 22.2. The highest BCUT2D eigenvalue weighted by Crippen LogP contribution is 2.18. The van der Waals surface area contributed by atoms with Crippen molar-refractivity contribution in [3.63, 3.8) is 0 Å². The van der Waals surface area contributed by atoms with Crippen molar-refractivity contribution in [1.29, 1.82) is 0 Å². The number of Topliss-reactive ketones (excluding diaryl/α,β-unsaturated/α-hetero) is 1. The van der Waals surface area contributed by atoms with Crippen molar-refractivity contribution in [3.8, 4) is 11.6 Å². The van der Waals surface area contributed by atoms with Gasteiger partial charge in [-0.1, -0.05) is 16.9 Å². The van der Waals surface area contributed by atoms with Gasteiger partial charge in [0.1, 0.15) is 11.6 Å². The summed E-state index contributed by atoms with van der Waals surface area (Å²) in [4.78, 5) is 25.6. The average molecular weight is 426 g/mol. The summed E-state index contributed by atoms with van der Waals surface area (Å²) in [5.74, 6) is -1.12. The summed E-state index contributed by atoms with van der Waals surface area (Å²) in [7, 11) is 1.52. The van der Waals surface area contributed by atoms with Crippen LogP contribution in [0.15, 0.2) is 53.6 Å². The summed E-state index contributed by atoms with van der Waals surface area (Å²) >= 11 is 0. The Bertz CT molecular complexity index is 1100. The molecule has 0 unspecified atom stereocenters. The van der Waals surface area contributed by atoms with E-state index in [0.29, 0.717) is 16.9 Å². The Morgan fingerprint density at radius 3 is 2.65 bits per heavy atom. The molecule has 2 aromatic carbocycles. The Kier molecular flexibility index (Phi) is 7.05. The van der Waals surface area contributed by atoms with Gasteiger partial charge in [-0.15, -0.1) is 5.10 Å². The number of ether oxygens (including phenoxy) is 3. The molecule has 1 aromatic heterocycles. The molecular weight excluding hydrogens is 407 g/mol. The van der Waals surface area contributed by atoms with E-state index in [-0.39, 0.29) is 24.0 Å². The van der Waals surface area contributed by atoms with E-state index in [0.717, 1.165) is 4.79 Å². The average Bonchev–Trinajstić information content (AvgIpc) is 3.19. The largest absolute Gasteiger partial charge is 0.497 e. The highest BCUT2D eigenvalue weighted by Gasteiger charge is 2.24. The molecule has 0 fully saturated rings. The van der Waals surface area contributed by atoms with Crippen molar-refractivity contribution in [3.05, 3.63) is 71.2 Å². The zero-order valence-electron chi connectivity index (χ0n) is 16.8. The fourth-order valence-electron chi connectivity index (χ4n) is 2.50. The summed E-state index contributed by atoms with van der Waals surface area (Å²) < 4.78 is 28.9. The second kappa shape index (κ2) is 10.1. The van der Waals surface area contributed by atoms with Crippen LogP contribution in [0, 0.1) is 5.82 Å². The molecule has 0 aliphatic carbocycles. The predicted octanol–water partition coefficient (Wildman–Crippen LogP) is 2.75. The molecule has 0 spiro atoms. The number of hydrogen-bond donors (Lipinski definition) is 0. The quantitative estimate of drug-likeness (QED) is 0.294. The Hall–Kier alpha value is -4.08. The molecule has 3 aromatic rings. The van der Waals surface area contributed by atoms with Gasteiger partial charge in [0, 0.05) is 5.56 Å². The summed E-state index contributed by atoms with van der Waals surface area (Å²) in [6.45, 7) is 1.35. The number of benzene rings is 2. The number of ketones is 1. The predicted molar refractivity (Wildman–Crippen MR) is 108 cm³/mol. The van der Waals surface area contributed by atoms with Crippen LogP contribution in [0.25, 0.3) is 0 Å². The number of carbonyl (C=O) groups is 2. The van der Waals surface area contributed by atoms with Gasteiger partial charge in [-0.05, 0) is 54.1 Å². The van der Waals surface area contributed by atoms with Crippen molar-refractivity contribution < 1.29 is 28.2 Å². The van der Waals surface area contributed by atoms with Crippen molar-refractivity contribution in [2.45, 2.75) is 6.92 Å². The Morgan fingerprint density at radius 1 is 1.19 bits per heavy atom. The molecule has 0 saturated carbocycles. The standard InChI is InChI=1S/C21H19FN4O5/c1-3-30-21(28)19-20(31-13-18(27)15-7-9-17(29-2)10-8-15)26(25-24-19)23-12-14-5-4-6-16(22)11-14/h4-12H,3,13H2,1-2H3. The first-order chi connectivity index (χ1) is 15.0. The van der Waals surface area contributed by atoms with E-state index in [1.165, 1.54) is 31.5 Å². The van der Waals surface area contributed by atoms with Crippen LogP contribution in [-0.2, 0) is 4.74 Å². The molecule has 0 N–H and O–H groups in total. The second-order valence-electron chi connectivity index (χ2n) is 6.09. The highest BCUT2D eigenvalue weighted by molar-refractivity contribution is 5.97. The van der Waals surface area contributed by atoms with Crippen molar-refractivity contribution in [2.75, 3.05) is 20.3 Å². The lowest BCUT2D eigenvalue weighted by atomic mass is 10.1. The molecule has 0 bridgehead atoms. The number of esters is 1. The number of halogens is 1. The van der Waals surface area contributed by atoms with Crippen LogP contribution in [0.1, 0.15) is 33.3 Å². The van der Waals surface area contributed by atoms with Gasteiger partial charge in [-0.3, -0.25) is 4.79 Å². The first-order valence-electron chi connectivity index (χ1n) is 9.24. The van der Waals surface area contributed by atoms with Gasteiger partial charge in [-0.25, -0.2) is 9.18 Å². The number of aromatic nitrogens is 3. The molecule has 0 radical (unpaired) electrons. The Balaban J connectivity index is 1.82. The first kappa shape index (κ1) is 21.6. The maximum absolute atomic E-state index is 13.4. The van der Waals surface area contributed by atoms with Crippen LogP contribution in [-0.4, -0.2) is 53.4 Å². The molecule has 9 nitrogen and oxygen atoms in total. The third-order valence-corrected chi connectivity index (χ3v) is 4.00. The SMILES string of the molecule is CCOC(=O)c1nnn(N=Cc2cccc(F)c2)c1OCC(=O)c1ccc(OC)cc1. The topological polar surface area (TPSA) is 105 Å². The number of nitrogens with zero attached hydrogens (tertiary/aromatic N) is 4. The van der Waals surface area contributed by atoms with E-state index in [4.69, 9.17) is 14.2 Å². The lowest BCUT2D eigenvalue weighted by Crippen LogP contribution is -2.15. The van der Waals surface area contributed by atoms with Crippen LogP contribution in [0.4, 0.5) is 4.39 Å². The van der Waals surface area contributed by atoms with E-state index in [2.05, 4.69) is 15.4 Å². The summed E-state index contributed by atoms with van der Waals surface area (Å²) in [6, 6.07) is 12.2. The molecule has 160 valence electrons. The summed E-state index contributed by atoms with van der Waals surface area (Å²) in [5.41, 5.74) is 0.606. The molecular formula is C21H19FN4O5. The maximum Gasteiger partial charge on any atom is 0.364 e. The van der Waals surface area contributed by atoms with E-state index >= 15 is 0 Å². The van der Waals surface area contributed by atoms with Crippen LogP contribution >= 0.6 is 0 Å². The minimum absolute atomic E-state index is 0.114. The molecule has 0 aliphatic heterocycles. The molecule has 0 saturated heterocycles. The van der Waals surface area contributed by atoms with Gasteiger partial charge >= 0.3 is 5.97 Å². The van der Waals surface area contributed by atoms with Gasteiger partial charge in [0.05, 0.1) is 19.9 Å². The van der Waals surface area contributed by atoms with Crippen LogP contribution in [0.5, 0.6) is 11.6 Å². The minimum Gasteiger partial charge on any atom is -0.497 e. The monoisotopic (exact) mass is 426 g/mol. The molecule has 0 amide bonds. The van der Waals surface area contributed by atoms with Gasteiger partial charge < -0.3 is 14.2 Å². The summed E-state index contributed by atoms with van der Waals surface area (Å²) in [6.07, 6.45) is 1.31. The molecule has 0 aliphatic rings. The lowest BCUT2D eigenvalue weighted by Gasteiger charge is -2.07. The summed E-state index contributed by atoms with van der Waals surface area (Å²) in [5, 5.41) is 11.5. The van der Waals surface area contributed by atoms with Gasteiger partial charge in [-0.2, -0.15) is 5.10 Å². The van der Waals surface area contributed by atoms with E-state index in [1.54, 1.807) is 37.3 Å². The number of carbonyl (C=O) groups excluding carboxylic acids is 2. The minimum atomic E-state index is -0.776. The smallest absolute Gasteiger partial charge is 0.364 e. The fourth-order valence-corrected chi connectivity index (χ4v) is 2.50.